The van der Waals surface area contributed by atoms with Crippen LogP contribution in [-0.4, -0.2) is 11.0 Å². The Morgan fingerprint density at radius 3 is 2.77 bits per heavy atom. The zero-order chi connectivity index (χ0) is 9.68. The van der Waals surface area contributed by atoms with Gasteiger partial charge in [0.2, 0.25) is 0 Å². The fourth-order valence-corrected chi connectivity index (χ4v) is 0.956. The molecule has 0 aliphatic heterocycles. The number of amides is 1. The van der Waals surface area contributed by atoms with Gasteiger partial charge < -0.3 is 10.4 Å². The highest BCUT2D eigenvalue weighted by molar-refractivity contribution is 9.12. The highest BCUT2D eigenvalue weighted by atomic mass is 79.9. The van der Waals surface area contributed by atoms with Crippen LogP contribution in [0.5, 0.6) is 5.75 Å². The van der Waals surface area contributed by atoms with E-state index in [9.17, 15) is 9.90 Å². The van der Waals surface area contributed by atoms with Crippen LogP contribution in [0.15, 0.2) is 24.3 Å². The van der Waals surface area contributed by atoms with E-state index in [1.807, 2.05) is 0 Å². The summed E-state index contributed by atoms with van der Waals surface area (Å²) in [4.78, 5) is 13.2. The number of anilines is 1. The molecular weight excluding hydrogens is 234 g/mol. The normalized spacial score (nSPS) is 8.38. The van der Waals surface area contributed by atoms with E-state index < -0.39 is 5.91 Å². The number of benzene rings is 1. The zero-order valence-electron chi connectivity index (χ0n) is 6.54. The molecule has 1 aromatic carbocycles. The quantitative estimate of drug-likeness (QED) is 0.579. The monoisotopic (exact) mass is 239 g/mol. The number of carbonyl (C=O) groups excluding carboxylic acids is 1. The first-order valence-corrected chi connectivity index (χ1v) is 4.24. The summed E-state index contributed by atoms with van der Waals surface area (Å²) in [5.41, 5.74) is 0.350. The number of para-hydroxylation sites is 2. The number of nitrogens with one attached hydrogen (secondary N) is 1. The second-order valence-electron chi connectivity index (χ2n) is 2.19. The molecule has 0 aliphatic rings. The van der Waals surface area contributed by atoms with Crippen molar-refractivity contribution in [2.45, 2.75) is 0 Å². The summed E-state index contributed by atoms with van der Waals surface area (Å²) in [6.07, 6.45) is 0. The minimum Gasteiger partial charge on any atom is -0.506 e. The molecule has 4 heteroatoms. The molecule has 0 saturated carbocycles. The van der Waals surface area contributed by atoms with Crippen LogP contribution in [0.2, 0.25) is 0 Å². The van der Waals surface area contributed by atoms with Crippen LogP contribution in [0, 0.1) is 10.8 Å². The summed E-state index contributed by atoms with van der Waals surface area (Å²) in [6.45, 7) is 0. The van der Waals surface area contributed by atoms with Gasteiger partial charge in [0.1, 0.15) is 5.75 Å². The van der Waals surface area contributed by atoms with E-state index in [1.165, 1.54) is 6.07 Å². The van der Waals surface area contributed by atoms with Gasteiger partial charge >= 0.3 is 5.91 Å². The van der Waals surface area contributed by atoms with Crippen molar-refractivity contribution >= 4 is 27.5 Å². The van der Waals surface area contributed by atoms with Crippen molar-refractivity contribution in [2.75, 3.05) is 5.32 Å². The van der Waals surface area contributed by atoms with E-state index in [-0.39, 0.29) is 5.75 Å². The van der Waals surface area contributed by atoms with Gasteiger partial charge in [0.25, 0.3) is 0 Å². The predicted octanol–water partition coefficient (Wildman–Crippen LogP) is 1.69. The highest BCUT2D eigenvalue weighted by Crippen LogP contribution is 2.20. The Morgan fingerprint density at radius 1 is 1.46 bits per heavy atom. The number of halogens is 1. The molecule has 0 saturated heterocycles. The molecule has 1 amide bonds. The molecule has 0 atom stereocenters. The summed E-state index contributed by atoms with van der Waals surface area (Å²) in [5.74, 6) is 1.77. The largest absolute Gasteiger partial charge is 0.506 e. The summed E-state index contributed by atoms with van der Waals surface area (Å²) >= 11 is 2.80. The first-order valence-electron chi connectivity index (χ1n) is 3.44. The first-order chi connectivity index (χ1) is 6.24. The number of hydrogen-bond acceptors (Lipinski definition) is 2. The second kappa shape index (κ2) is 4.53. The van der Waals surface area contributed by atoms with E-state index in [0.717, 1.165) is 0 Å². The Kier molecular flexibility index (Phi) is 3.35. The number of rotatable bonds is 1. The molecule has 0 heterocycles. The van der Waals surface area contributed by atoms with E-state index in [4.69, 9.17) is 0 Å². The van der Waals surface area contributed by atoms with Gasteiger partial charge in [0.15, 0.2) is 0 Å². The molecule has 0 aromatic heterocycles. The third-order valence-electron chi connectivity index (χ3n) is 1.31. The number of hydrogen-bond donors (Lipinski definition) is 2. The van der Waals surface area contributed by atoms with Gasteiger partial charge in [0, 0.05) is 21.9 Å². The molecule has 1 aromatic rings. The zero-order valence-corrected chi connectivity index (χ0v) is 8.13. The lowest BCUT2D eigenvalue weighted by Crippen LogP contribution is -2.08. The minimum absolute atomic E-state index is 0.0206. The van der Waals surface area contributed by atoms with Crippen LogP contribution in [0.25, 0.3) is 0 Å². The van der Waals surface area contributed by atoms with Crippen molar-refractivity contribution < 1.29 is 9.90 Å². The fraction of sp³-hybridized carbons (Fsp3) is 0. The van der Waals surface area contributed by atoms with E-state index in [1.54, 1.807) is 18.2 Å². The van der Waals surface area contributed by atoms with Crippen LogP contribution in [0.4, 0.5) is 5.69 Å². The number of aromatic hydroxyl groups is 1. The number of phenols is 1. The van der Waals surface area contributed by atoms with Crippen molar-refractivity contribution in [1.82, 2.24) is 0 Å². The van der Waals surface area contributed by atoms with Crippen molar-refractivity contribution in [3.63, 3.8) is 0 Å². The molecule has 0 radical (unpaired) electrons. The van der Waals surface area contributed by atoms with Crippen LogP contribution in [-0.2, 0) is 4.79 Å². The Hall–Kier alpha value is -1.47. The second-order valence-corrected chi connectivity index (χ2v) is 2.59. The lowest BCUT2D eigenvalue weighted by atomic mass is 10.3. The Balaban J connectivity index is 2.78. The molecule has 3 nitrogen and oxygen atoms in total. The predicted molar refractivity (Wildman–Crippen MR) is 53.4 cm³/mol. The average molecular weight is 240 g/mol. The van der Waals surface area contributed by atoms with Gasteiger partial charge in [-0.3, -0.25) is 4.79 Å². The van der Waals surface area contributed by atoms with Crippen LogP contribution >= 0.6 is 15.9 Å². The van der Waals surface area contributed by atoms with Crippen LogP contribution in [0.1, 0.15) is 0 Å². The first kappa shape index (κ1) is 9.62. The smallest absolute Gasteiger partial charge is 0.301 e. The van der Waals surface area contributed by atoms with E-state index >= 15 is 0 Å². The van der Waals surface area contributed by atoms with Gasteiger partial charge in [-0.15, -0.1) is 0 Å². The summed E-state index contributed by atoms with van der Waals surface area (Å²) in [6, 6.07) is 6.44. The fourth-order valence-electron chi connectivity index (χ4n) is 0.776. The SMILES string of the molecule is O=C(C#CBr)Nc1ccccc1O. The van der Waals surface area contributed by atoms with Crippen molar-refractivity contribution in [2.24, 2.45) is 0 Å². The molecule has 0 aliphatic carbocycles. The van der Waals surface area contributed by atoms with Crippen LogP contribution in [0.3, 0.4) is 0 Å². The van der Waals surface area contributed by atoms with Crippen molar-refractivity contribution in [3.8, 4) is 16.5 Å². The maximum absolute atomic E-state index is 10.9. The molecule has 0 unspecified atom stereocenters. The molecule has 0 bridgehead atoms. The third kappa shape index (κ3) is 2.80. The Labute approximate surface area is 83.9 Å². The van der Waals surface area contributed by atoms with Gasteiger partial charge in [-0.05, 0) is 17.0 Å². The summed E-state index contributed by atoms with van der Waals surface area (Å²) in [5, 5.41) is 11.7. The highest BCUT2D eigenvalue weighted by Gasteiger charge is 2.01. The van der Waals surface area contributed by atoms with Gasteiger partial charge in [-0.1, -0.05) is 12.1 Å². The lowest BCUT2D eigenvalue weighted by molar-refractivity contribution is -0.111. The third-order valence-corrected chi connectivity index (χ3v) is 1.51. The topological polar surface area (TPSA) is 49.3 Å². The molecule has 66 valence electrons. The molecule has 1 rings (SSSR count). The average Bonchev–Trinajstić information content (AvgIpc) is 2.09. The molecule has 0 fully saturated rings. The molecule has 0 spiro atoms. The lowest BCUT2D eigenvalue weighted by Gasteiger charge is -2.02. The molecule has 13 heavy (non-hydrogen) atoms. The van der Waals surface area contributed by atoms with E-state index in [0.29, 0.717) is 5.69 Å². The number of phenolic OH excluding ortho intramolecular Hbond substituents is 1. The van der Waals surface area contributed by atoms with E-state index in [2.05, 4.69) is 32.0 Å². The minimum atomic E-state index is -0.474. The Morgan fingerprint density at radius 2 is 2.15 bits per heavy atom. The Bertz CT molecular complexity index is 379. The number of carbonyl (C=O) groups is 1. The summed E-state index contributed by atoms with van der Waals surface area (Å²) < 4.78 is 0. The molecular formula is C9H6BrNO2. The molecule has 2 N–H and O–H groups in total. The maximum atomic E-state index is 10.9. The van der Waals surface area contributed by atoms with Crippen LogP contribution < -0.4 is 5.32 Å². The van der Waals surface area contributed by atoms with Gasteiger partial charge in [-0.2, -0.15) is 0 Å². The standard InChI is InChI=1S/C9H6BrNO2/c10-6-5-9(13)11-7-3-1-2-4-8(7)12/h1-4,12H,(H,11,13). The van der Waals surface area contributed by atoms with Crippen molar-refractivity contribution in [1.29, 1.82) is 0 Å². The summed E-state index contributed by atoms with van der Waals surface area (Å²) in [7, 11) is 0. The van der Waals surface area contributed by atoms with Crippen molar-refractivity contribution in [3.05, 3.63) is 24.3 Å². The van der Waals surface area contributed by atoms with Gasteiger partial charge in [-0.25, -0.2) is 0 Å². The maximum Gasteiger partial charge on any atom is 0.301 e. The van der Waals surface area contributed by atoms with Gasteiger partial charge in [0.05, 0.1) is 5.69 Å².